The maximum atomic E-state index is 14.0. The van der Waals surface area contributed by atoms with Crippen molar-refractivity contribution in [3.05, 3.63) is 112 Å². The van der Waals surface area contributed by atoms with E-state index in [0.717, 1.165) is 5.56 Å². The van der Waals surface area contributed by atoms with Crippen molar-refractivity contribution in [1.29, 1.82) is 0 Å². The molecule has 3 aromatic carbocycles. The molecular formula is C28H23F4N5O3. The van der Waals surface area contributed by atoms with Gasteiger partial charge in [-0.3, -0.25) is 0 Å². The number of nitrogens with one attached hydrogen (secondary N) is 2. The first-order chi connectivity index (χ1) is 19.1. The Labute approximate surface area is 225 Å². The summed E-state index contributed by atoms with van der Waals surface area (Å²) in [5.74, 6) is 0.145. The minimum absolute atomic E-state index is 0.0318. The molecule has 1 aliphatic heterocycles. The lowest BCUT2D eigenvalue weighted by atomic mass is 10.1. The Morgan fingerprint density at radius 3 is 2.48 bits per heavy atom. The minimum atomic E-state index is -4.67. The maximum Gasteiger partial charge on any atom is 0.416 e. The number of urea groups is 1. The zero-order valence-corrected chi connectivity index (χ0v) is 21.0. The predicted molar refractivity (Wildman–Crippen MR) is 139 cm³/mol. The molecule has 1 aliphatic rings. The Morgan fingerprint density at radius 2 is 1.80 bits per heavy atom. The molecular weight excluding hydrogens is 530 g/mol. The second kappa shape index (κ2) is 10.6. The molecule has 8 nitrogen and oxygen atoms in total. The lowest BCUT2D eigenvalue weighted by Gasteiger charge is -2.33. The summed E-state index contributed by atoms with van der Waals surface area (Å²) in [5, 5.41) is 5.28. The zero-order valence-electron chi connectivity index (χ0n) is 21.0. The molecule has 0 fully saturated rings. The van der Waals surface area contributed by atoms with Gasteiger partial charge in [0.05, 0.1) is 29.8 Å². The van der Waals surface area contributed by atoms with Gasteiger partial charge < -0.3 is 30.4 Å². The fourth-order valence-electron chi connectivity index (χ4n) is 4.23. The van der Waals surface area contributed by atoms with Crippen molar-refractivity contribution in [3.8, 4) is 5.75 Å². The number of rotatable bonds is 6. The van der Waals surface area contributed by atoms with E-state index in [-0.39, 0.29) is 6.54 Å². The highest BCUT2D eigenvalue weighted by Gasteiger charge is 2.31. The quantitative estimate of drug-likeness (QED) is 0.302. The van der Waals surface area contributed by atoms with Gasteiger partial charge in [0.1, 0.15) is 17.4 Å². The fourth-order valence-corrected chi connectivity index (χ4v) is 4.23. The van der Waals surface area contributed by atoms with Crippen molar-refractivity contribution in [2.45, 2.75) is 18.9 Å². The molecule has 12 heteroatoms. The number of fused-ring (bicyclic) bond motifs is 1. The van der Waals surface area contributed by atoms with Crippen LogP contribution >= 0.6 is 0 Å². The summed E-state index contributed by atoms with van der Waals surface area (Å²) in [4.78, 5) is 18.9. The molecule has 0 bridgehead atoms. The van der Waals surface area contributed by atoms with Gasteiger partial charge in [-0.25, -0.2) is 14.2 Å². The van der Waals surface area contributed by atoms with Crippen LogP contribution in [0.4, 0.5) is 33.7 Å². The van der Waals surface area contributed by atoms with E-state index >= 15 is 0 Å². The monoisotopic (exact) mass is 553 g/mol. The van der Waals surface area contributed by atoms with Crippen LogP contribution in [0.25, 0.3) is 5.82 Å². The summed E-state index contributed by atoms with van der Waals surface area (Å²) in [6, 6.07) is 17.2. The molecule has 5 rings (SSSR count). The number of carbonyl (C=O) groups excluding carboxylic acids is 1. The van der Waals surface area contributed by atoms with E-state index < -0.39 is 35.4 Å². The van der Waals surface area contributed by atoms with Crippen molar-refractivity contribution >= 4 is 23.2 Å². The summed E-state index contributed by atoms with van der Waals surface area (Å²) < 4.78 is 63.5. The van der Waals surface area contributed by atoms with Crippen LogP contribution in [0.5, 0.6) is 5.75 Å². The molecule has 2 amide bonds. The zero-order chi connectivity index (χ0) is 28.4. The number of carbonyl (C=O) groups is 1. The van der Waals surface area contributed by atoms with E-state index in [1.165, 1.54) is 6.26 Å². The van der Waals surface area contributed by atoms with Crippen LogP contribution in [0.15, 0.2) is 88.5 Å². The van der Waals surface area contributed by atoms with Crippen LogP contribution in [-0.2, 0) is 12.7 Å². The third-order valence-electron chi connectivity index (χ3n) is 6.29. The highest BCUT2D eigenvalue weighted by Crippen LogP contribution is 2.33. The number of halogens is 4. The van der Waals surface area contributed by atoms with Gasteiger partial charge in [-0.2, -0.15) is 13.2 Å². The first-order valence-corrected chi connectivity index (χ1v) is 12.0. The second-order valence-electron chi connectivity index (χ2n) is 8.84. The van der Waals surface area contributed by atoms with Gasteiger partial charge in [0, 0.05) is 12.2 Å². The molecule has 0 saturated heterocycles. The Morgan fingerprint density at radius 1 is 1.07 bits per heavy atom. The number of hydrogen-bond acceptors (Lipinski definition) is 6. The van der Waals surface area contributed by atoms with Crippen molar-refractivity contribution in [2.24, 2.45) is 10.7 Å². The number of furan rings is 1. The summed E-state index contributed by atoms with van der Waals surface area (Å²) >= 11 is 0. The van der Waals surface area contributed by atoms with Crippen molar-refractivity contribution in [2.75, 3.05) is 17.3 Å². The molecule has 0 saturated carbocycles. The molecule has 0 spiro atoms. The lowest BCUT2D eigenvalue weighted by Crippen LogP contribution is -2.43. The van der Waals surface area contributed by atoms with Gasteiger partial charge in [-0.05, 0) is 59.7 Å². The highest BCUT2D eigenvalue weighted by molar-refractivity contribution is 5.89. The number of amides is 2. The van der Waals surface area contributed by atoms with Gasteiger partial charge in [0.2, 0.25) is 5.55 Å². The smallest absolute Gasteiger partial charge is 0.416 e. The van der Waals surface area contributed by atoms with Gasteiger partial charge in [0.15, 0.2) is 6.17 Å². The third-order valence-corrected chi connectivity index (χ3v) is 6.29. The first-order valence-electron chi connectivity index (χ1n) is 12.0. The molecule has 1 unspecified atom stereocenters. The van der Waals surface area contributed by atoms with Gasteiger partial charge >= 0.3 is 12.2 Å². The standard InChI is InChI=1S/C28H23F4N5O3/c1-39-20-9-4-17(5-10-20)25-36-26-21(12-13-40-26)24(33)37(25)19-7-2-16(3-8-19)15-34-27(38)35-23-14-18(28(30,31)32)6-11-22(23)29/h2-14,25H,15,33H2,1H3,(H2,34,35,38). The molecule has 0 radical (unpaired) electrons. The average Bonchev–Trinajstić information content (AvgIpc) is 3.42. The maximum absolute atomic E-state index is 14.0. The first kappa shape index (κ1) is 26.6. The molecule has 206 valence electrons. The minimum Gasteiger partial charge on any atom is -0.497 e. The van der Waals surface area contributed by atoms with E-state index in [1.54, 1.807) is 37.4 Å². The van der Waals surface area contributed by atoms with Crippen LogP contribution in [-0.4, -0.2) is 13.1 Å². The van der Waals surface area contributed by atoms with Gasteiger partial charge in [-0.15, -0.1) is 0 Å². The Bertz CT molecular complexity index is 1650. The third kappa shape index (κ3) is 5.41. The van der Waals surface area contributed by atoms with Crippen molar-refractivity contribution in [3.63, 3.8) is 0 Å². The van der Waals surface area contributed by atoms with Crippen LogP contribution in [0, 0.1) is 5.82 Å². The largest absolute Gasteiger partial charge is 0.497 e. The topological polar surface area (TPSA) is 105 Å². The Balaban J connectivity index is 1.32. The molecule has 0 aliphatic carbocycles. The number of methoxy groups -OCH3 is 1. The van der Waals surface area contributed by atoms with E-state index in [9.17, 15) is 22.4 Å². The Kier molecular flexibility index (Phi) is 7.07. The number of benzene rings is 3. The Hall–Kier alpha value is -5.00. The molecule has 1 atom stereocenters. The number of nitrogens with zero attached hydrogens (tertiary/aromatic N) is 2. The van der Waals surface area contributed by atoms with Gasteiger partial charge in [-0.1, -0.05) is 24.3 Å². The molecule has 40 heavy (non-hydrogen) atoms. The molecule has 4 N–H and O–H groups in total. The van der Waals surface area contributed by atoms with Gasteiger partial charge in [0.25, 0.3) is 0 Å². The summed E-state index contributed by atoms with van der Waals surface area (Å²) in [6.07, 6.45) is -3.68. The van der Waals surface area contributed by atoms with E-state index in [2.05, 4.69) is 10.6 Å². The molecule has 4 aromatic rings. The number of alkyl halides is 3. The van der Waals surface area contributed by atoms with Crippen molar-refractivity contribution < 1.29 is 31.5 Å². The fraction of sp³-hybridized carbons (Fsp3) is 0.143. The van der Waals surface area contributed by atoms with Crippen molar-refractivity contribution in [1.82, 2.24) is 5.32 Å². The number of anilines is 2. The van der Waals surface area contributed by atoms with Crippen LogP contribution < -0.4 is 36.8 Å². The van der Waals surface area contributed by atoms with Crippen LogP contribution in [0.2, 0.25) is 0 Å². The normalized spacial score (nSPS) is 14.8. The van der Waals surface area contributed by atoms with Crippen LogP contribution in [0.3, 0.4) is 0 Å². The van der Waals surface area contributed by atoms with E-state index in [1.807, 2.05) is 29.2 Å². The second-order valence-corrected chi connectivity index (χ2v) is 8.84. The summed E-state index contributed by atoms with van der Waals surface area (Å²) in [6.45, 7) is 0.0318. The molecule has 1 aromatic heterocycles. The number of hydrogen-bond donors (Lipinski definition) is 3. The predicted octanol–water partition coefficient (Wildman–Crippen LogP) is 4.63. The molecule has 2 heterocycles. The SMILES string of the molecule is COc1ccc(C2N=c3occc3=C(N)N2c2ccc(CNC(=O)Nc3cc(C(F)(F)F)ccc3F)cc2)cc1. The average molecular weight is 554 g/mol. The highest BCUT2D eigenvalue weighted by atomic mass is 19.4. The van der Waals surface area contributed by atoms with E-state index in [4.69, 9.17) is 19.9 Å². The lowest BCUT2D eigenvalue weighted by molar-refractivity contribution is -0.137. The number of nitrogens with two attached hydrogens (primary N) is 1. The van der Waals surface area contributed by atoms with Crippen LogP contribution in [0.1, 0.15) is 22.9 Å². The van der Waals surface area contributed by atoms with E-state index in [0.29, 0.717) is 51.8 Å². The summed E-state index contributed by atoms with van der Waals surface area (Å²) in [5.41, 5.74) is 7.55. The number of ether oxygens (including phenoxy) is 1. The summed E-state index contributed by atoms with van der Waals surface area (Å²) in [7, 11) is 1.58.